The fourth-order valence-corrected chi connectivity index (χ4v) is 5.25. The molecule has 0 unspecified atom stereocenters. The summed E-state index contributed by atoms with van der Waals surface area (Å²) in [5, 5.41) is 23.9. The van der Waals surface area contributed by atoms with E-state index in [1.807, 2.05) is 48.5 Å². The second-order valence-corrected chi connectivity index (χ2v) is 9.86. The minimum atomic E-state index is -1.01. The lowest BCUT2D eigenvalue weighted by Gasteiger charge is -2.26. The van der Waals surface area contributed by atoms with E-state index in [4.69, 9.17) is 0 Å². The summed E-state index contributed by atoms with van der Waals surface area (Å²) in [5.74, 6) is 0.131. The van der Waals surface area contributed by atoms with Crippen LogP contribution in [-0.4, -0.2) is 37.6 Å². The van der Waals surface area contributed by atoms with Crippen LogP contribution in [0.5, 0.6) is 0 Å². The molecule has 0 saturated heterocycles. The number of aromatic nitrogens is 4. The molecular weight excluding hydrogens is 478 g/mol. The number of nitrogens with one attached hydrogen (secondary N) is 1. The van der Waals surface area contributed by atoms with Gasteiger partial charge in [0, 0.05) is 17.7 Å². The molecule has 0 aliphatic heterocycles. The van der Waals surface area contributed by atoms with Crippen molar-refractivity contribution in [2.45, 2.75) is 51.5 Å². The molecule has 1 heterocycles. The summed E-state index contributed by atoms with van der Waals surface area (Å²) in [6.07, 6.45) is 7.48. The molecular formula is C30H31N5O3. The number of carbonyl (C=O) groups excluding carboxylic acids is 1. The van der Waals surface area contributed by atoms with E-state index >= 15 is 0 Å². The molecule has 1 aromatic heterocycles. The number of rotatable bonds is 9. The molecule has 194 valence electrons. The molecule has 8 heteroatoms. The van der Waals surface area contributed by atoms with Crippen molar-refractivity contribution in [3.63, 3.8) is 0 Å². The monoisotopic (exact) mass is 509 g/mol. The molecule has 1 aliphatic carbocycles. The molecule has 1 saturated carbocycles. The van der Waals surface area contributed by atoms with E-state index in [-0.39, 0.29) is 11.5 Å². The Morgan fingerprint density at radius 3 is 2.39 bits per heavy atom. The zero-order chi connectivity index (χ0) is 26.3. The van der Waals surface area contributed by atoms with E-state index < -0.39 is 5.97 Å². The lowest BCUT2D eigenvalue weighted by molar-refractivity contribution is -0.119. The molecule has 1 fully saturated rings. The topological polar surface area (TPSA) is 112 Å². The standard InChI is InChI=1S/C30H31N5O3/c36-28(18-15-21-7-2-1-3-8-21)35(25-10-6-9-24(19-25)30(37)38)20-22-13-16-23(17-14-22)26-11-4-5-12-27(26)29-31-33-34-32-29/h4-6,9-14,16-17,19,21H,1-3,7-8,15,18,20H2,(H,37,38)(H,31,32,33,34). The Bertz CT molecular complexity index is 1380. The number of nitrogens with zero attached hydrogens (tertiary/aromatic N) is 4. The minimum Gasteiger partial charge on any atom is -0.478 e. The van der Waals surface area contributed by atoms with E-state index in [1.54, 1.807) is 29.2 Å². The van der Waals surface area contributed by atoms with Crippen molar-refractivity contribution in [3.8, 4) is 22.5 Å². The van der Waals surface area contributed by atoms with Gasteiger partial charge in [0.15, 0.2) is 0 Å². The third-order valence-electron chi connectivity index (χ3n) is 7.32. The third-order valence-corrected chi connectivity index (χ3v) is 7.32. The number of aromatic carboxylic acids is 1. The van der Waals surface area contributed by atoms with Gasteiger partial charge in [-0.3, -0.25) is 4.79 Å². The minimum absolute atomic E-state index is 0.0182. The Labute approximate surface area is 221 Å². The van der Waals surface area contributed by atoms with Crippen molar-refractivity contribution >= 4 is 17.6 Å². The number of amides is 1. The molecule has 1 amide bonds. The van der Waals surface area contributed by atoms with E-state index in [9.17, 15) is 14.7 Å². The second kappa shape index (κ2) is 11.8. The molecule has 8 nitrogen and oxygen atoms in total. The third kappa shape index (κ3) is 5.96. The van der Waals surface area contributed by atoms with E-state index in [0.29, 0.717) is 30.4 Å². The van der Waals surface area contributed by atoms with Crippen molar-refractivity contribution in [2.24, 2.45) is 5.92 Å². The molecule has 5 rings (SSSR count). The van der Waals surface area contributed by atoms with Gasteiger partial charge in [-0.1, -0.05) is 86.7 Å². The molecule has 2 N–H and O–H groups in total. The summed E-state index contributed by atoms with van der Waals surface area (Å²) < 4.78 is 0. The predicted octanol–water partition coefficient (Wildman–Crippen LogP) is 6.13. The lowest BCUT2D eigenvalue weighted by Crippen LogP contribution is -2.31. The van der Waals surface area contributed by atoms with Gasteiger partial charge in [-0.2, -0.15) is 5.21 Å². The Morgan fingerprint density at radius 1 is 0.921 bits per heavy atom. The molecule has 4 aromatic rings. The van der Waals surface area contributed by atoms with Crippen molar-refractivity contribution < 1.29 is 14.7 Å². The van der Waals surface area contributed by atoms with Crippen LogP contribution in [0.4, 0.5) is 5.69 Å². The first-order valence-electron chi connectivity index (χ1n) is 13.1. The number of carboxylic acids is 1. The number of hydrogen-bond acceptors (Lipinski definition) is 5. The number of H-pyrrole nitrogens is 1. The Kier molecular flexibility index (Phi) is 7.87. The summed E-state index contributed by atoms with van der Waals surface area (Å²) in [5.41, 5.74) is 4.58. The first-order valence-corrected chi connectivity index (χ1v) is 13.1. The van der Waals surface area contributed by atoms with E-state index in [2.05, 4.69) is 20.6 Å². The van der Waals surface area contributed by atoms with Crippen LogP contribution < -0.4 is 4.90 Å². The maximum Gasteiger partial charge on any atom is 0.335 e. The van der Waals surface area contributed by atoms with Crippen molar-refractivity contribution in [2.75, 3.05) is 4.90 Å². The highest BCUT2D eigenvalue weighted by Crippen LogP contribution is 2.31. The average Bonchev–Trinajstić information content (AvgIpc) is 3.51. The molecule has 1 aliphatic rings. The Balaban J connectivity index is 1.38. The number of carboxylic acid groups (broad SMARTS) is 1. The van der Waals surface area contributed by atoms with Gasteiger partial charge in [-0.15, -0.1) is 10.2 Å². The van der Waals surface area contributed by atoms with Crippen LogP contribution in [0.1, 0.15) is 60.9 Å². The summed E-state index contributed by atoms with van der Waals surface area (Å²) in [4.78, 5) is 26.8. The second-order valence-electron chi connectivity index (χ2n) is 9.86. The highest BCUT2D eigenvalue weighted by Gasteiger charge is 2.21. The summed E-state index contributed by atoms with van der Waals surface area (Å²) >= 11 is 0. The predicted molar refractivity (Wildman–Crippen MR) is 145 cm³/mol. The zero-order valence-electron chi connectivity index (χ0n) is 21.2. The normalized spacial score (nSPS) is 13.8. The van der Waals surface area contributed by atoms with Gasteiger partial charge in [-0.25, -0.2) is 4.79 Å². The number of anilines is 1. The number of hydrogen-bond donors (Lipinski definition) is 2. The summed E-state index contributed by atoms with van der Waals surface area (Å²) in [6, 6.07) is 22.5. The molecule has 0 bridgehead atoms. The molecule has 0 spiro atoms. The van der Waals surface area contributed by atoms with Crippen LogP contribution in [0.3, 0.4) is 0 Å². The molecule has 3 aromatic carbocycles. The van der Waals surface area contributed by atoms with Gasteiger partial charge in [0.05, 0.1) is 12.1 Å². The number of aromatic amines is 1. The van der Waals surface area contributed by atoms with Crippen LogP contribution >= 0.6 is 0 Å². The fraction of sp³-hybridized carbons (Fsp3) is 0.300. The lowest BCUT2D eigenvalue weighted by atomic mass is 9.86. The van der Waals surface area contributed by atoms with Crippen LogP contribution in [-0.2, 0) is 11.3 Å². The largest absolute Gasteiger partial charge is 0.478 e. The Morgan fingerprint density at radius 2 is 1.68 bits per heavy atom. The van der Waals surface area contributed by atoms with Gasteiger partial charge in [-0.05, 0) is 52.4 Å². The van der Waals surface area contributed by atoms with Gasteiger partial charge in [0.2, 0.25) is 11.7 Å². The summed E-state index contributed by atoms with van der Waals surface area (Å²) in [7, 11) is 0. The molecule has 0 atom stereocenters. The van der Waals surface area contributed by atoms with Crippen molar-refractivity contribution in [1.29, 1.82) is 0 Å². The average molecular weight is 510 g/mol. The highest BCUT2D eigenvalue weighted by atomic mass is 16.4. The Hall–Kier alpha value is -4.33. The van der Waals surface area contributed by atoms with Gasteiger partial charge >= 0.3 is 5.97 Å². The first kappa shape index (κ1) is 25.3. The highest BCUT2D eigenvalue weighted by molar-refractivity contribution is 5.95. The number of tetrazole rings is 1. The SMILES string of the molecule is O=C(O)c1cccc(N(Cc2ccc(-c3ccccc3-c3nn[nH]n3)cc2)C(=O)CCC2CCCCC2)c1. The number of benzene rings is 3. The first-order chi connectivity index (χ1) is 18.6. The quantitative estimate of drug-likeness (QED) is 0.281. The van der Waals surface area contributed by atoms with Crippen LogP contribution in [0, 0.1) is 5.92 Å². The zero-order valence-corrected chi connectivity index (χ0v) is 21.2. The van der Waals surface area contributed by atoms with Gasteiger partial charge < -0.3 is 10.0 Å². The molecule has 0 radical (unpaired) electrons. The smallest absolute Gasteiger partial charge is 0.335 e. The van der Waals surface area contributed by atoms with E-state index in [1.165, 1.54) is 32.1 Å². The van der Waals surface area contributed by atoms with Crippen molar-refractivity contribution in [3.05, 3.63) is 83.9 Å². The number of carbonyl (C=O) groups is 2. The van der Waals surface area contributed by atoms with Gasteiger partial charge in [0.25, 0.3) is 0 Å². The molecule has 38 heavy (non-hydrogen) atoms. The van der Waals surface area contributed by atoms with Crippen molar-refractivity contribution in [1.82, 2.24) is 20.6 Å². The maximum atomic E-state index is 13.5. The van der Waals surface area contributed by atoms with Crippen LogP contribution in [0.25, 0.3) is 22.5 Å². The van der Waals surface area contributed by atoms with Crippen LogP contribution in [0.15, 0.2) is 72.8 Å². The van der Waals surface area contributed by atoms with Crippen LogP contribution in [0.2, 0.25) is 0 Å². The maximum absolute atomic E-state index is 13.5. The van der Waals surface area contributed by atoms with Gasteiger partial charge in [0.1, 0.15) is 0 Å². The van der Waals surface area contributed by atoms with E-state index in [0.717, 1.165) is 28.7 Å². The summed E-state index contributed by atoms with van der Waals surface area (Å²) in [6.45, 7) is 0.360. The fourth-order valence-electron chi connectivity index (χ4n) is 5.25.